The van der Waals surface area contributed by atoms with E-state index < -0.39 is 5.25 Å². The highest BCUT2D eigenvalue weighted by Crippen LogP contribution is 2.40. The molecule has 3 aromatic carbocycles. The molecule has 6 nitrogen and oxygen atoms in total. The van der Waals surface area contributed by atoms with Gasteiger partial charge in [0.05, 0.1) is 24.9 Å². The van der Waals surface area contributed by atoms with Crippen LogP contribution < -0.4 is 20.1 Å². The number of carbonyl (C=O) groups excluding carboxylic acids is 2. The van der Waals surface area contributed by atoms with E-state index in [-0.39, 0.29) is 11.8 Å². The van der Waals surface area contributed by atoms with E-state index in [1.807, 2.05) is 54.6 Å². The van der Waals surface area contributed by atoms with Crippen LogP contribution in [0.4, 0.5) is 11.4 Å². The molecule has 0 saturated carbocycles. The molecule has 0 spiro atoms. The van der Waals surface area contributed by atoms with Gasteiger partial charge in [-0.1, -0.05) is 61.3 Å². The molecule has 0 aliphatic rings. The number of benzene rings is 3. The van der Waals surface area contributed by atoms with Gasteiger partial charge in [0.2, 0.25) is 11.8 Å². The topological polar surface area (TPSA) is 76.7 Å². The summed E-state index contributed by atoms with van der Waals surface area (Å²) in [5.41, 5.74) is 1.99. The highest BCUT2D eigenvalue weighted by Gasteiger charge is 2.24. The zero-order chi connectivity index (χ0) is 25.2. The van der Waals surface area contributed by atoms with E-state index in [2.05, 4.69) is 17.6 Å². The molecule has 0 fully saturated rings. The van der Waals surface area contributed by atoms with E-state index in [1.54, 1.807) is 12.1 Å². The highest BCUT2D eigenvalue weighted by molar-refractivity contribution is 8.00. The van der Waals surface area contributed by atoms with E-state index >= 15 is 0 Å². The van der Waals surface area contributed by atoms with Crippen molar-refractivity contribution in [3.8, 4) is 11.5 Å². The highest BCUT2D eigenvalue weighted by atomic mass is 35.5. The minimum Gasteiger partial charge on any atom is -0.495 e. The molecule has 0 saturated heterocycles. The van der Waals surface area contributed by atoms with Crippen molar-refractivity contribution in [3.05, 3.63) is 77.3 Å². The maximum atomic E-state index is 13.5. The largest absolute Gasteiger partial charge is 0.495 e. The van der Waals surface area contributed by atoms with Crippen molar-refractivity contribution in [1.29, 1.82) is 0 Å². The van der Waals surface area contributed by atoms with Gasteiger partial charge in [-0.2, -0.15) is 0 Å². The molecule has 0 aromatic heterocycles. The van der Waals surface area contributed by atoms with Crippen LogP contribution >= 0.6 is 23.4 Å². The first-order valence-corrected chi connectivity index (χ1v) is 12.5. The number of nitrogens with one attached hydrogen (secondary N) is 2. The summed E-state index contributed by atoms with van der Waals surface area (Å²) in [6.45, 7) is 2.05. The van der Waals surface area contributed by atoms with Gasteiger partial charge >= 0.3 is 0 Å². The van der Waals surface area contributed by atoms with Gasteiger partial charge < -0.3 is 20.1 Å². The van der Waals surface area contributed by atoms with Crippen LogP contribution in [0.3, 0.4) is 0 Å². The number of hydrogen-bond acceptors (Lipinski definition) is 5. The summed E-state index contributed by atoms with van der Waals surface area (Å²) in [5, 5.41) is 5.68. The fourth-order valence-electron chi connectivity index (χ4n) is 3.40. The third kappa shape index (κ3) is 7.41. The molecule has 8 heteroatoms. The SMILES string of the molecule is CCCCC(=O)Nc1cccc(SC(C(=O)Nc2cc(Cl)c(OC)cc2OC)c2ccccc2)c1. The molecule has 0 aliphatic carbocycles. The summed E-state index contributed by atoms with van der Waals surface area (Å²) in [6, 6.07) is 20.3. The zero-order valence-corrected chi connectivity index (χ0v) is 21.5. The molecule has 0 heterocycles. The van der Waals surface area contributed by atoms with Crippen molar-refractivity contribution in [3.63, 3.8) is 0 Å². The van der Waals surface area contributed by atoms with Crippen molar-refractivity contribution in [2.24, 2.45) is 0 Å². The average Bonchev–Trinajstić information content (AvgIpc) is 2.87. The van der Waals surface area contributed by atoms with Crippen LogP contribution in [0.25, 0.3) is 0 Å². The molecule has 0 bridgehead atoms. The van der Waals surface area contributed by atoms with E-state index in [0.29, 0.717) is 34.3 Å². The van der Waals surface area contributed by atoms with Crippen molar-refractivity contribution in [2.45, 2.75) is 36.3 Å². The fourth-order valence-corrected chi connectivity index (χ4v) is 4.73. The van der Waals surface area contributed by atoms with Crippen LogP contribution in [0, 0.1) is 0 Å². The summed E-state index contributed by atoms with van der Waals surface area (Å²) in [4.78, 5) is 26.5. The Morgan fingerprint density at radius 3 is 2.37 bits per heavy atom. The lowest BCUT2D eigenvalue weighted by atomic mass is 10.1. The van der Waals surface area contributed by atoms with E-state index in [9.17, 15) is 9.59 Å². The van der Waals surface area contributed by atoms with Crippen molar-refractivity contribution < 1.29 is 19.1 Å². The van der Waals surface area contributed by atoms with Crippen molar-refractivity contribution in [1.82, 2.24) is 0 Å². The molecule has 2 amide bonds. The predicted molar refractivity (Wildman–Crippen MR) is 143 cm³/mol. The van der Waals surface area contributed by atoms with Gasteiger partial charge in [-0.3, -0.25) is 9.59 Å². The number of anilines is 2. The second-order valence-corrected chi connectivity index (χ2v) is 9.35. The number of carbonyl (C=O) groups is 2. The molecule has 3 rings (SSSR count). The number of ether oxygens (including phenoxy) is 2. The molecule has 1 unspecified atom stereocenters. The number of thioether (sulfide) groups is 1. The molecule has 3 aromatic rings. The Kier molecular flexibility index (Phi) is 9.87. The van der Waals surface area contributed by atoms with E-state index in [4.69, 9.17) is 21.1 Å². The monoisotopic (exact) mass is 512 g/mol. The van der Waals surface area contributed by atoms with Crippen LogP contribution in [0.1, 0.15) is 37.0 Å². The maximum Gasteiger partial charge on any atom is 0.242 e. The van der Waals surface area contributed by atoms with Gasteiger partial charge in [-0.25, -0.2) is 0 Å². The first kappa shape index (κ1) is 26.4. The van der Waals surface area contributed by atoms with Gasteiger partial charge in [0, 0.05) is 23.1 Å². The molecule has 35 heavy (non-hydrogen) atoms. The maximum absolute atomic E-state index is 13.5. The summed E-state index contributed by atoms with van der Waals surface area (Å²) in [5.74, 6) is 0.634. The van der Waals surface area contributed by atoms with Crippen LogP contribution in [-0.4, -0.2) is 26.0 Å². The smallest absolute Gasteiger partial charge is 0.242 e. The quantitative estimate of drug-likeness (QED) is 0.272. The summed E-state index contributed by atoms with van der Waals surface area (Å²) >= 11 is 7.68. The number of hydrogen-bond donors (Lipinski definition) is 2. The van der Waals surface area contributed by atoms with E-state index in [0.717, 1.165) is 23.3 Å². The Bertz CT molecular complexity index is 1160. The van der Waals surface area contributed by atoms with Gasteiger partial charge in [-0.05, 0) is 36.2 Å². The Morgan fingerprint density at radius 1 is 0.943 bits per heavy atom. The zero-order valence-electron chi connectivity index (χ0n) is 20.0. The standard InChI is InChI=1S/C27H29ClN2O4S/c1-4-5-14-25(31)29-19-12-9-13-20(15-19)35-26(18-10-7-6-8-11-18)27(32)30-22-16-21(28)23(33-2)17-24(22)34-3/h6-13,15-17,26H,4-5,14H2,1-3H3,(H,29,31)(H,30,32). The Morgan fingerprint density at radius 2 is 1.69 bits per heavy atom. The van der Waals surface area contributed by atoms with Crippen LogP contribution in [0.2, 0.25) is 5.02 Å². The lowest BCUT2D eigenvalue weighted by Gasteiger charge is -2.19. The molecule has 184 valence electrons. The average molecular weight is 513 g/mol. The molecular weight excluding hydrogens is 484 g/mol. The molecule has 0 aliphatic heterocycles. The van der Waals surface area contributed by atoms with Gasteiger partial charge in [0.25, 0.3) is 0 Å². The Hall–Kier alpha value is -3.16. The van der Waals surface area contributed by atoms with Gasteiger partial charge in [-0.15, -0.1) is 11.8 Å². The number of unbranched alkanes of at least 4 members (excludes halogenated alkanes) is 1. The molecular formula is C27H29ClN2O4S. The summed E-state index contributed by atoms with van der Waals surface area (Å²) in [7, 11) is 3.03. The minimum absolute atomic E-state index is 0.0187. The summed E-state index contributed by atoms with van der Waals surface area (Å²) in [6.07, 6.45) is 2.28. The van der Waals surface area contributed by atoms with Crippen LogP contribution in [0.5, 0.6) is 11.5 Å². The third-order valence-corrected chi connectivity index (χ3v) is 6.74. The summed E-state index contributed by atoms with van der Waals surface area (Å²) < 4.78 is 10.7. The number of halogens is 1. The lowest BCUT2D eigenvalue weighted by molar-refractivity contribution is -0.116. The predicted octanol–water partition coefficient (Wildman–Crippen LogP) is 6.96. The first-order chi connectivity index (χ1) is 16.9. The van der Waals surface area contributed by atoms with E-state index in [1.165, 1.54) is 26.0 Å². The second kappa shape index (κ2) is 13.1. The minimum atomic E-state index is -0.562. The van der Waals surface area contributed by atoms with Crippen LogP contribution in [-0.2, 0) is 9.59 Å². The number of methoxy groups -OCH3 is 2. The lowest BCUT2D eigenvalue weighted by Crippen LogP contribution is -2.19. The third-order valence-electron chi connectivity index (χ3n) is 5.20. The van der Waals surface area contributed by atoms with Crippen LogP contribution in [0.15, 0.2) is 71.6 Å². The number of amides is 2. The molecule has 0 radical (unpaired) electrons. The normalized spacial score (nSPS) is 11.4. The van der Waals surface area contributed by atoms with Gasteiger partial charge in [0.15, 0.2) is 0 Å². The Labute approximate surface area is 215 Å². The van der Waals surface area contributed by atoms with Crippen molar-refractivity contribution >= 4 is 46.6 Å². The second-order valence-electron chi connectivity index (χ2n) is 7.76. The number of rotatable bonds is 11. The molecule has 1 atom stereocenters. The fraction of sp³-hybridized carbons (Fsp3) is 0.259. The first-order valence-electron chi connectivity index (χ1n) is 11.3. The Balaban J connectivity index is 1.85. The van der Waals surface area contributed by atoms with Gasteiger partial charge in [0.1, 0.15) is 16.7 Å². The molecule has 2 N–H and O–H groups in total. The van der Waals surface area contributed by atoms with Crippen molar-refractivity contribution in [2.75, 3.05) is 24.9 Å².